The molecule has 1 aromatic carbocycles. The molecule has 8 heteroatoms. The monoisotopic (exact) mass is 476 g/mol. The van der Waals surface area contributed by atoms with E-state index < -0.39 is 5.91 Å². The zero-order chi connectivity index (χ0) is 25.4. The molecular formula is C27H29FN4O3. The fraction of sp³-hybridized carbons (Fsp3) is 0.296. The number of aromatic hydroxyl groups is 1. The van der Waals surface area contributed by atoms with Gasteiger partial charge in [-0.2, -0.15) is 0 Å². The summed E-state index contributed by atoms with van der Waals surface area (Å²) in [7, 11) is 1.50. The van der Waals surface area contributed by atoms with Gasteiger partial charge in [0, 0.05) is 18.7 Å². The molecule has 2 aromatic heterocycles. The number of hydrogen-bond donors (Lipinski definition) is 2. The molecule has 0 saturated carbocycles. The quantitative estimate of drug-likeness (QED) is 0.219. The minimum absolute atomic E-state index is 0.124. The number of carbonyl (C=O) groups is 1. The number of carbonyl (C=O) groups excluding carboxylic acids is 1. The summed E-state index contributed by atoms with van der Waals surface area (Å²) < 4.78 is 18.3. The van der Waals surface area contributed by atoms with Gasteiger partial charge in [0.05, 0.1) is 13.2 Å². The van der Waals surface area contributed by atoms with E-state index >= 15 is 0 Å². The van der Waals surface area contributed by atoms with Gasteiger partial charge in [0.1, 0.15) is 17.0 Å². The third-order valence-electron chi connectivity index (χ3n) is 5.40. The number of hydrazine groups is 1. The van der Waals surface area contributed by atoms with Gasteiger partial charge in [-0.3, -0.25) is 14.8 Å². The van der Waals surface area contributed by atoms with E-state index in [2.05, 4.69) is 28.7 Å². The normalized spacial score (nSPS) is 11.3. The molecule has 0 bridgehead atoms. The van der Waals surface area contributed by atoms with Crippen molar-refractivity contribution in [2.24, 2.45) is 5.84 Å². The Morgan fingerprint density at radius 1 is 1.29 bits per heavy atom. The average Bonchev–Trinajstić information content (AvgIpc) is 2.87. The van der Waals surface area contributed by atoms with E-state index in [-0.39, 0.29) is 35.9 Å². The number of nitrogens with zero attached hydrogens (tertiary/aromatic N) is 3. The van der Waals surface area contributed by atoms with Crippen LogP contribution >= 0.6 is 0 Å². The highest BCUT2D eigenvalue weighted by molar-refractivity contribution is 6.01. The summed E-state index contributed by atoms with van der Waals surface area (Å²) in [6.07, 6.45) is 5.80. The van der Waals surface area contributed by atoms with Gasteiger partial charge in [-0.1, -0.05) is 37.5 Å². The number of ether oxygens (including phenoxy) is 1. The van der Waals surface area contributed by atoms with Crippen molar-refractivity contribution in [3.05, 3.63) is 76.5 Å². The zero-order valence-corrected chi connectivity index (χ0v) is 20.1. The molecule has 2 heterocycles. The van der Waals surface area contributed by atoms with Crippen molar-refractivity contribution >= 4 is 16.8 Å². The van der Waals surface area contributed by atoms with Crippen LogP contribution in [0.4, 0.5) is 4.39 Å². The van der Waals surface area contributed by atoms with Crippen LogP contribution in [0.1, 0.15) is 54.0 Å². The Morgan fingerprint density at radius 3 is 2.69 bits per heavy atom. The molecule has 1 amide bonds. The molecule has 35 heavy (non-hydrogen) atoms. The van der Waals surface area contributed by atoms with Gasteiger partial charge >= 0.3 is 0 Å². The molecule has 0 radical (unpaired) electrons. The van der Waals surface area contributed by atoms with Crippen molar-refractivity contribution in [3.63, 3.8) is 0 Å². The smallest absolute Gasteiger partial charge is 0.290 e. The SMILES string of the molecule is C/C=C(/C#Cc1nc(C(=O)N(N)CCOC)c(O)c2ncc(Cc3ccc(F)cc3)cc12)CCC. The van der Waals surface area contributed by atoms with Crippen LogP contribution in [-0.2, 0) is 11.2 Å². The first kappa shape index (κ1) is 25.8. The molecule has 0 unspecified atom stereocenters. The van der Waals surface area contributed by atoms with Crippen LogP contribution in [0, 0.1) is 17.7 Å². The minimum atomic E-state index is -0.665. The molecule has 3 N–H and O–H groups in total. The number of allylic oxidation sites excluding steroid dienone is 2. The third kappa shape index (κ3) is 6.41. The highest BCUT2D eigenvalue weighted by Gasteiger charge is 2.23. The summed E-state index contributed by atoms with van der Waals surface area (Å²) in [6.45, 7) is 4.34. The molecule has 0 aliphatic heterocycles. The molecule has 0 aliphatic rings. The second-order valence-corrected chi connectivity index (χ2v) is 8.01. The number of nitrogens with two attached hydrogens (primary N) is 1. The van der Waals surface area contributed by atoms with Crippen molar-refractivity contribution in [3.8, 4) is 17.6 Å². The number of rotatable bonds is 8. The number of methoxy groups -OCH3 is 1. The zero-order valence-electron chi connectivity index (χ0n) is 20.1. The van der Waals surface area contributed by atoms with E-state index in [1.165, 1.54) is 19.2 Å². The molecule has 3 rings (SSSR count). The Balaban J connectivity index is 2.12. The van der Waals surface area contributed by atoms with E-state index in [1.807, 2.05) is 19.1 Å². The molecule has 0 fully saturated rings. The first-order valence-corrected chi connectivity index (χ1v) is 11.4. The molecule has 0 saturated heterocycles. The van der Waals surface area contributed by atoms with Crippen LogP contribution in [0.3, 0.4) is 0 Å². The molecule has 0 aliphatic carbocycles. The van der Waals surface area contributed by atoms with Gasteiger partial charge in [0.25, 0.3) is 5.91 Å². The predicted molar refractivity (Wildman–Crippen MR) is 133 cm³/mol. The van der Waals surface area contributed by atoms with E-state index in [0.29, 0.717) is 17.5 Å². The Labute approximate surface area is 204 Å². The largest absolute Gasteiger partial charge is 0.504 e. The van der Waals surface area contributed by atoms with Gasteiger partial charge in [-0.25, -0.2) is 15.2 Å². The number of aromatic nitrogens is 2. The van der Waals surface area contributed by atoms with Crippen LogP contribution in [0.5, 0.6) is 5.75 Å². The van der Waals surface area contributed by atoms with Crippen molar-refractivity contribution in [1.29, 1.82) is 0 Å². The Hall–Kier alpha value is -3.80. The van der Waals surface area contributed by atoms with E-state index in [0.717, 1.165) is 34.6 Å². The van der Waals surface area contributed by atoms with E-state index in [4.69, 9.17) is 10.6 Å². The van der Waals surface area contributed by atoms with E-state index in [9.17, 15) is 14.3 Å². The predicted octanol–water partition coefficient (Wildman–Crippen LogP) is 4.13. The maximum absolute atomic E-state index is 13.3. The second-order valence-electron chi connectivity index (χ2n) is 8.01. The van der Waals surface area contributed by atoms with Gasteiger partial charge in [0.2, 0.25) is 0 Å². The Bertz CT molecular complexity index is 1290. The fourth-order valence-electron chi connectivity index (χ4n) is 3.51. The summed E-state index contributed by atoms with van der Waals surface area (Å²) in [5.41, 5.74) is 2.96. The maximum atomic E-state index is 13.3. The lowest BCUT2D eigenvalue weighted by Crippen LogP contribution is -2.40. The maximum Gasteiger partial charge on any atom is 0.290 e. The molecule has 3 aromatic rings. The summed E-state index contributed by atoms with van der Waals surface area (Å²) >= 11 is 0. The Morgan fingerprint density at radius 2 is 2.03 bits per heavy atom. The van der Waals surface area contributed by atoms with Gasteiger partial charge in [-0.15, -0.1) is 0 Å². The summed E-state index contributed by atoms with van der Waals surface area (Å²) in [4.78, 5) is 21.7. The number of hydrogen-bond acceptors (Lipinski definition) is 6. The summed E-state index contributed by atoms with van der Waals surface area (Å²) in [5, 5.41) is 12.3. The average molecular weight is 477 g/mol. The molecular weight excluding hydrogens is 447 g/mol. The third-order valence-corrected chi connectivity index (χ3v) is 5.40. The van der Waals surface area contributed by atoms with Crippen LogP contribution in [0.2, 0.25) is 0 Å². The summed E-state index contributed by atoms with van der Waals surface area (Å²) in [6, 6.07) is 8.05. The second kappa shape index (κ2) is 12.1. The van der Waals surface area contributed by atoms with Crippen LogP contribution < -0.4 is 5.84 Å². The van der Waals surface area contributed by atoms with Crippen LogP contribution in [0.25, 0.3) is 10.9 Å². The highest BCUT2D eigenvalue weighted by Crippen LogP contribution is 2.29. The number of halogens is 1. The van der Waals surface area contributed by atoms with Crippen molar-refractivity contribution in [2.45, 2.75) is 33.1 Å². The number of benzene rings is 1. The minimum Gasteiger partial charge on any atom is -0.504 e. The first-order chi connectivity index (χ1) is 16.9. The molecule has 0 atom stereocenters. The molecule has 182 valence electrons. The van der Waals surface area contributed by atoms with Crippen molar-refractivity contribution in [2.75, 3.05) is 20.3 Å². The number of pyridine rings is 2. The topological polar surface area (TPSA) is 102 Å². The van der Waals surface area contributed by atoms with Crippen molar-refractivity contribution < 1.29 is 19.0 Å². The Kier molecular flexibility index (Phi) is 8.90. The first-order valence-electron chi connectivity index (χ1n) is 11.4. The lowest BCUT2D eigenvalue weighted by Gasteiger charge is -2.17. The van der Waals surface area contributed by atoms with Crippen molar-refractivity contribution in [1.82, 2.24) is 15.0 Å². The standard InChI is InChI=1S/C27H29FN4O3/c1-4-6-18(5-2)9-12-23-22-16-20(15-19-7-10-21(28)11-8-19)17-30-24(22)26(33)25(31-23)27(34)32(29)13-14-35-3/h5,7-8,10-11,16-17,33H,4,6,13-15,29H2,1-3H3/b18-5+. The number of fused-ring (bicyclic) bond motifs is 1. The fourth-order valence-corrected chi connectivity index (χ4v) is 3.51. The van der Waals surface area contributed by atoms with Crippen LogP contribution in [-0.4, -0.2) is 46.3 Å². The van der Waals surface area contributed by atoms with Gasteiger partial charge in [-0.05, 0) is 60.6 Å². The summed E-state index contributed by atoms with van der Waals surface area (Å²) in [5.74, 6) is 10.7. The van der Waals surface area contributed by atoms with Gasteiger partial charge in [0.15, 0.2) is 11.4 Å². The lowest BCUT2D eigenvalue weighted by molar-refractivity contribution is 0.0686. The molecule has 7 nitrogen and oxygen atoms in total. The highest BCUT2D eigenvalue weighted by atomic mass is 19.1. The molecule has 0 spiro atoms. The van der Waals surface area contributed by atoms with E-state index in [1.54, 1.807) is 18.3 Å². The lowest BCUT2D eigenvalue weighted by atomic mass is 10.0. The van der Waals surface area contributed by atoms with Crippen LogP contribution in [0.15, 0.2) is 48.2 Å². The van der Waals surface area contributed by atoms with Gasteiger partial charge < -0.3 is 9.84 Å². The number of amides is 1.